The summed E-state index contributed by atoms with van der Waals surface area (Å²) in [4.78, 5) is 38.3. The molecule has 0 fully saturated rings. The van der Waals surface area contributed by atoms with E-state index in [1.807, 2.05) is 6.92 Å². The fourth-order valence-electron chi connectivity index (χ4n) is 0.174. The summed E-state index contributed by atoms with van der Waals surface area (Å²) in [6, 6.07) is -0.461. The molecule has 0 aromatic carbocycles. The standard InChI is InChI=1S/C3H8N2O.2H3O3P/c1-2-5-3(4)6;2*1-4(2)3/h2H2,1H3,(H3,4,5,6);2*4H,(H2,1,2,3). The molecule has 0 spiro atoms. The third kappa shape index (κ3) is 196. The Balaban J connectivity index is -0.000000135. The van der Waals surface area contributed by atoms with E-state index >= 15 is 0 Å². The van der Waals surface area contributed by atoms with Gasteiger partial charge in [-0.15, -0.1) is 0 Å². The maximum absolute atomic E-state index is 9.71. The largest absolute Gasteiger partial charge is 0.352 e. The molecule has 0 atom stereocenters. The lowest BCUT2D eigenvalue weighted by molar-refractivity contribution is 0.249. The highest BCUT2D eigenvalue weighted by molar-refractivity contribution is 7.31. The molecule has 0 saturated heterocycles. The Morgan fingerprint density at radius 3 is 1.43 bits per heavy atom. The molecule has 0 bridgehead atoms. The Hall–Kier alpha value is -0.430. The van der Waals surface area contributed by atoms with Gasteiger partial charge in [-0.05, 0) is 6.92 Å². The molecule has 0 radical (unpaired) electrons. The Morgan fingerprint density at radius 2 is 1.43 bits per heavy atom. The van der Waals surface area contributed by atoms with Gasteiger partial charge >= 0.3 is 22.5 Å². The molecule has 11 heteroatoms. The van der Waals surface area contributed by atoms with Crippen molar-refractivity contribution < 1.29 is 33.5 Å². The summed E-state index contributed by atoms with van der Waals surface area (Å²) >= 11 is 0. The van der Waals surface area contributed by atoms with Crippen molar-refractivity contribution in [2.24, 2.45) is 5.73 Å². The predicted octanol–water partition coefficient (Wildman–Crippen LogP) is -1.60. The van der Waals surface area contributed by atoms with E-state index in [0.29, 0.717) is 6.54 Å². The average Bonchev–Trinajstić information content (AvgIpc) is 1.82. The molecule has 14 heavy (non-hydrogen) atoms. The number of rotatable bonds is 1. The number of carbonyl (C=O) groups excluding carboxylic acids is 1. The molecule has 0 unspecified atom stereocenters. The number of hydrogen-bond donors (Lipinski definition) is 6. The van der Waals surface area contributed by atoms with Gasteiger partial charge in [-0.3, -0.25) is 9.13 Å². The van der Waals surface area contributed by atoms with Crippen LogP contribution in [0.3, 0.4) is 0 Å². The van der Waals surface area contributed by atoms with Gasteiger partial charge in [0.1, 0.15) is 0 Å². The minimum Gasteiger partial charge on any atom is -0.352 e. The molecule has 0 aromatic rings. The van der Waals surface area contributed by atoms with E-state index < -0.39 is 22.5 Å². The topological polar surface area (TPSA) is 170 Å². The summed E-state index contributed by atoms with van der Waals surface area (Å²) in [7, 11) is -6.26. The Labute approximate surface area is 81.5 Å². The first-order valence-electron chi connectivity index (χ1n) is 3.11. The monoisotopic (exact) mass is 252 g/mol. The predicted molar refractivity (Wildman–Crippen MR) is 50.1 cm³/mol. The van der Waals surface area contributed by atoms with Gasteiger partial charge in [0.15, 0.2) is 0 Å². The first-order chi connectivity index (χ1) is 6.23. The van der Waals surface area contributed by atoms with Gasteiger partial charge in [0.05, 0.1) is 0 Å². The van der Waals surface area contributed by atoms with E-state index in [1.54, 1.807) is 0 Å². The number of urea groups is 1. The second-order valence-corrected chi connectivity index (χ2v) is 2.59. The van der Waals surface area contributed by atoms with Crippen molar-refractivity contribution in [2.45, 2.75) is 6.92 Å². The summed E-state index contributed by atoms with van der Waals surface area (Å²) in [5, 5.41) is 2.35. The van der Waals surface area contributed by atoms with Crippen molar-refractivity contribution in [1.29, 1.82) is 0 Å². The van der Waals surface area contributed by atoms with Crippen molar-refractivity contribution in [3.63, 3.8) is 0 Å². The normalized spacial score (nSPS) is 8.21. The van der Waals surface area contributed by atoms with Crippen molar-refractivity contribution in [2.75, 3.05) is 6.54 Å². The maximum atomic E-state index is 9.71. The smallest absolute Gasteiger partial charge is 0.314 e. The fourth-order valence-corrected chi connectivity index (χ4v) is 0.174. The van der Waals surface area contributed by atoms with Gasteiger partial charge < -0.3 is 30.6 Å². The number of amides is 2. The Kier molecular flexibility index (Phi) is 20.6. The number of carbonyl (C=O) groups is 1. The van der Waals surface area contributed by atoms with E-state index in [4.69, 9.17) is 28.7 Å². The molecule has 0 aliphatic carbocycles. The lowest BCUT2D eigenvalue weighted by Gasteiger charge is -1.88. The lowest BCUT2D eigenvalue weighted by Crippen LogP contribution is -2.28. The zero-order chi connectivity index (χ0) is 12.1. The molecular weight excluding hydrogens is 238 g/mol. The van der Waals surface area contributed by atoms with Crippen LogP contribution in [0.2, 0.25) is 0 Å². The van der Waals surface area contributed by atoms with Gasteiger partial charge in [-0.1, -0.05) is 0 Å². The Morgan fingerprint density at radius 1 is 1.21 bits per heavy atom. The van der Waals surface area contributed by atoms with Gasteiger partial charge in [0.2, 0.25) is 0 Å². The number of nitrogens with two attached hydrogens (primary N) is 1. The Bertz CT molecular complexity index is 166. The average molecular weight is 252 g/mol. The molecule has 0 saturated carbocycles. The van der Waals surface area contributed by atoms with E-state index in [1.165, 1.54) is 0 Å². The van der Waals surface area contributed by atoms with Crippen LogP contribution in [0.5, 0.6) is 0 Å². The summed E-state index contributed by atoms with van der Waals surface area (Å²) in [6.07, 6.45) is 0. The van der Waals surface area contributed by atoms with E-state index in [9.17, 15) is 4.79 Å². The first-order valence-corrected chi connectivity index (χ1v) is 5.71. The SMILES string of the molecule is CCNC(N)=O.O=[PH](O)O.O=[PH](O)O. The molecule has 88 valence electrons. The van der Waals surface area contributed by atoms with Crippen LogP contribution in [-0.2, 0) is 9.13 Å². The van der Waals surface area contributed by atoms with Crippen LogP contribution >= 0.6 is 16.5 Å². The van der Waals surface area contributed by atoms with Crippen molar-refractivity contribution >= 4 is 22.5 Å². The third-order valence-corrected chi connectivity index (χ3v) is 0.351. The van der Waals surface area contributed by atoms with Gasteiger partial charge in [0, 0.05) is 6.54 Å². The maximum Gasteiger partial charge on any atom is 0.314 e. The van der Waals surface area contributed by atoms with Crippen molar-refractivity contribution in [1.82, 2.24) is 5.32 Å². The van der Waals surface area contributed by atoms with Gasteiger partial charge in [-0.25, -0.2) is 4.79 Å². The number of primary amides is 1. The number of hydrogen-bond acceptors (Lipinski definition) is 3. The zero-order valence-corrected chi connectivity index (χ0v) is 9.30. The van der Waals surface area contributed by atoms with E-state index in [0.717, 1.165) is 0 Å². The molecule has 2 amide bonds. The minimum absolute atomic E-state index is 0.461. The molecule has 0 aromatic heterocycles. The highest BCUT2D eigenvalue weighted by Gasteiger charge is 1.79. The summed E-state index contributed by atoms with van der Waals surface area (Å²) in [5.41, 5.74) is 4.65. The van der Waals surface area contributed by atoms with Crippen LogP contribution < -0.4 is 11.1 Å². The fraction of sp³-hybridized carbons (Fsp3) is 0.667. The van der Waals surface area contributed by atoms with Crippen molar-refractivity contribution in [3.8, 4) is 0 Å². The minimum atomic E-state index is -3.13. The lowest BCUT2D eigenvalue weighted by atomic mass is 10.7. The van der Waals surface area contributed by atoms with E-state index in [-0.39, 0.29) is 0 Å². The van der Waals surface area contributed by atoms with Crippen molar-refractivity contribution in [3.05, 3.63) is 0 Å². The van der Waals surface area contributed by atoms with Gasteiger partial charge in [-0.2, -0.15) is 0 Å². The van der Waals surface area contributed by atoms with Crippen LogP contribution in [0.4, 0.5) is 4.79 Å². The first kappa shape index (κ1) is 19.2. The molecule has 0 rings (SSSR count). The molecule has 0 aliphatic rings. The zero-order valence-electron chi connectivity index (χ0n) is 7.30. The molecule has 0 aliphatic heterocycles. The second kappa shape index (κ2) is 15.1. The molecule has 0 heterocycles. The van der Waals surface area contributed by atoms with Gasteiger partial charge in [0.25, 0.3) is 0 Å². The van der Waals surface area contributed by atoms with Crippen LogP contribution in [0.15, 0.2) is 0 Å². The summed E-state index contributed by atoms with van der Waals surface area (Å²) < 4.78 is 17.5. The molecular formula is C3H14N2O7P2. The number of nitrogens with one attached hydrogen (secondary N) is 1. The summed E-state index contributed by atoms with van der Waals surface area (Å²) in [5.74, 6) is 0. The highest BCUT2D eigenvalue weighted by atomic mass is 31.1. The summed E-state index contributed by atoms with van der Waals surface area (Å²) in [6.45, 7) is 2.42. The second-order valence-electron chi connectivity index (χ2n) is 1.46. The van der Waals surface area contributed by atoms with Crippen LogP contribution in [0.25, 0.3) is 0 Å². The highest BCUT2D eigenvalue weighted by Crippen LogP contribution is 1.98. The van der Waals surface area contributed by atoms with Crippen LogP contribution in [-0.4, -0.2) is 32.1 Å². The molecule has 7 N–H and O–H groups in total. The van der Waals surface area contributed by atoms with Crippen LogP contribution in [0.1, 0.15) is 6.92 Å². The van der Waals surface area contributed by atoms with Crippen LogP contribution in [0, 0.1) is 0 Å². The van der Waals surface area contributed by atoms with E-state index in [2.05, 4.69) is 11.1 Å². The quantitative estimate of drug-likeness (QED) is 0.305. The molecule has 9 nitrogen and oxygen atoms in total. The third-order valence-electron chi connectivity index (χ3n) is 0.351.